The standard InChI is InChI=1S/C13H26N2O4/c1-5-10(4)11(12(16)17)15-13(18)14-7-6-8-19-9(2)3/h9-11H,5-8H2,1-4H3,(H,16,17)(H2,14,15,18)/t10-,11-/m0/s1. The normalized spacial score (nSPS) is 13.9. The lowest BCUT2D eigenvalue weighted by atomic mass is 9.99. The third-order valence-corrected chi connectivity index (χ3v) is 2.82. The van der Waals surface area contributed by atoms with E-state index in [9.17, 15) is 9.59 Å². The van der Waals surface area contributed by atoms with E-state index < -0.39 is 18.0 Å². The van der Waals surface area contributed by atoms with Gasteiger partial charge in [-0.1, -0.05) is 20.3 Å². The predicted octanol–water partition coefficient (Wildman–Crippen LogP) is 1.60. The van der Waals surface area contributed by atoms with Gasteiger partial charge in [-0.25, -0.2) is 9.59 Å². The molecule has 0 heterocycles. The molecule has 0 saturated carbocycles. The Labute approximate surface area is 114 Å². The van der Waals surface area contributed by atoms with Gasteiger partial charge in [0.15, 0.2) is 0 Å². The summed E-state index contributed by atoms with van der Waals surface area (Å²) in [5, 5.41) is 14.1. The van der Waals surface area contributed by atoms with Crippen molar-refractivity contribution < 1.29 is 19.4 Å². The Bertz CT molecular complexity index is 282. The summed E-state index contributed by atoms with van der Waals surface area (Å²) in [6.07, 6.45) is 1.57. The zero-order valence-corrected chi connectivity index (χ0v) is 12.2. The van der Waals surface area contributed by atoms with Crippen molar-refractivity contribution in [3.05, 3.63) is 0 Å². The highest BCUT2D eigenvalue weighted by Crippen LogP contribution is 2.07. The summed E-state index contributed by atoms with van der Waals surface area (Å²) in [5.74, 6) is -1.11. The van der Waals surface area contributed by atoms with Crippen LogP contribution in [0, 0.1) is 5.92 Å². The molecule has 0 unspecified atom stereocenters. The first-order valence-corrected chi connectivity index (χ1v) is 6.77. The van der Waals surface area contributed by atoms with Gasteiger partial charge < -0.3 is 20.5 Å². The van der Waals surface area contributed by atoms with Crippen LogP contribution >= 0.6 is 0 Å². The number of carbonyl (C=O) groups excluding carboxylic acids is 1. The van der Waals surface area contributed by atoms with Crippen molar-refractivity contribution in [2.75, 3.05) is 13.2 Å². The molecule has 0 aromatic carbocycles. The van der Waals surface area contributed by atoms with Crippen LogP contribution in [0.15, 0.2) is 0 Å². The first kappa shape index (κ1) is 17.7. The molecule has 0 aromatic rings. The lowest BCUT2D eigenvalue weighted by Crippen LogP contribution is -2.49. The first-order valence-electron chi connectivity index (χ1n) is 6.77. The molecule has 0 radical (unpaired) electrons. The Hall–Kier alpha value is -1.30. The van der Waals surface area contributed by atoms with E-state index in [1.165, 1.54) is 0 Å². The third-order valence-electron chi connectivity index (χ3n) is 2.82. The summed E-state index contributed by atoms with van der Waals surface area (Å²) in [6, 6.07) is -1.30. The minimum absolute atomic E-state index is 0.104. The number of rotatable bonds is 9. The number of urea groups is 1. The lowest BCUT2D eigenvalue weighted by molar-refractivity contribution is -0.140. The number of ether oxygens (including phenoxy) is 1. The van der Waals surface area contributed by atoms with E-state index >= 15 is 0 Å². The maximum absolute atomic E-state index is 11.5. The molecule has 6 nitrogen and oxygen atoms in total. The fourth-order valence-electron chi connectivity index (χ4n) is 1.47. The molecular formula is C13H26N2O4. The van der Waals surface area contributed by atoms with Crippen molar-refractivity contribution in [3.8, 4) is 0 Å². The van der Waals surface area contributed by atoms with Crippen molar-refractivity contribution in [1.29, 1.82) is 0 Å². The van der Waals surface area contributed by atoms with Gasteiger partial charge in [-0.2, -0.15) is 0 Å². The molecule has 0 aliphatic heterocycles. The minimum Gasteiger partial charge on any atom is -0.480 e. The Morgan fingerprint density at radius 2 is 1.89 bits per heavy atom. The van der Waals surface area contributed by atoms with Crippen LogP contribution in [0.5, 0.6) is 0 Å². The first-order chi connectivity index (χ1) is 8.88. The number of hydrogen-bond donors (Lipinski definition) is 3. The molecular weight excluding hydrogens is 248 g/mol. The van der Waals surface area contributed by atoms with E-state index in [4.69, 9.17) is 9.84 Å². The van der Waals surface area contributed by atoms with E-state index in [0.717, 1.165) is 0 Å². The highest BCUT2D eigenvalue weighted by Gasteiger charge is 2.24. The number of hydrogen-bond acceptors (Lipinski definition) is 3. The molecule has 112 valence electrons. The fourth-order valence-corrected chi connectivity index (χ4v) is 1.47. The fraction of sp³-hybridized carbons (Fsp3) is 0.846. The largest absolute Gasteiger partial charge is 0.480 e. The quantitative estimate of drug-likeness (QED) is 0.557. The summed E-state index contributed by atoms with van der Waals surface area (Å²) in [7, 11) is 0. The molecule has 0 aliphatic carbocycles. The topological polar surface area (TPSA) is 87.7 Å². The van der Waals surface area contributed by atoms with Crippen LogP contribution in [0.3, 0.4) is 0 Å². The third kappa shape index (κ3) is 8.42. The van der Waals surface area contributed by atoms with Gasteiger partial charge in [0.1, 0.15) is 6.04 Å². The monoisotopic (exact) mass is 274 g/mol. The van der Waals surface area contributed by atoms with E-state index in [-0.39, 0.29) is 12.0 Å². The molecule has 0 fully saturated rings. The molecule has 0 rings (SSSR count). The zero-order chi connectivity index (χ0) is 14.8. The molecule has 3 N–H and O–H groups in total. The summed E-state index contributed by atoms with van der Waals surface area (Å²) in [6.45, 7) is 8.63. The van der Waals surface area contributed by atoms with Crippen molar-refractivity contribution in [3.63, 3.8) is 0 Å². The van der Waals surface area contributed by atoms with E-state index in [1.54, 1.807) is 6.92 Å². The number of amides is 2. The van der Waals surface area contributed by atoms with Gasteiger partial charge in [0, 0.05) is 13.2 Å². The van der Waals surface area contributed by atoms with Crippen molar-refractivity contribution in [2.24, 2.45) is 5.92 Å². The molecule has 6 heteroatoms. The predicted molar refractivity (Wildman–Crippen MR) is 73.1 cm³/mol. The number of carboxylic acids is 1. The van der Waals surface area contributed by atoms with Crippen molar-refractivity contribution in [2.45, 2.75) is 52.7 Å². The van der Waals surface area contributed by atoms with Gasteiger partial charge in [0.25, 0.3) is 0 Å². The average Bonchev–Trinajstić information content (AvgIpc) is 2.33. The molecule has 0 saturated heterocycles. The van der Waals surface area contributed by atoms with Gasteiger partial charge in [0.2, 0.25) is 0 Å². The Morgan fingerprint density at radius 1 is 1.26 bits per heavy atom. The van der Waals surface area contributed by atoms with Crippen LogP contribution in [-0.2, 0) is 9.53 Å². The maximum Gasteiger partial charge on any atom is 0.326 e. The molecule has 0 spiro atoms. The second kappa shape index (κ2) is 9.61. The van der Waals surface area contributed by atoms with Crippen molar-refractivity contribution >= 4 is 12.0 Å². The van der Waals surface area contributed by atoms with E-state index in [2.05, 4.69) is 10.6 Å². The lowest BCUT2D eigenvalue weighted by Gasteiger charge is -2.20. The van der Waals surface area contributed by atoms with Gasteiger partial charge >= 0.3 is 12.0 Å². The summed E-state index contributed by atoms with van der Waals surface area (Å²) < 4.78 is 5.33. The maximum atomic E-state index is 11.5. The van der Waals surface area contributed by atoms with Gasteiger partial charge in [-0.15, -0.1) is 0 Å². The highest BCUT2D eigenvalue weighted by atomic mass is 16.5. The summed E-state index contributed by atoms with van der Waals surface area (Å²) in [4.78, 5) is 22.6. The van der Waals surface area contributed by atoms with Gasteiger partial charge in [-0.3, -0.25) is 0 Å². The SMILES string of the molecule is CC[C@H](C)[C@H](NC(=O)NCCCOC(C)C)C(=O)O. The minimum atomic E-state index is -1.01. The van der Waals surface area contributed by atoms with Crippen LogP contribution in [0.1, 0.15) is 40.5 Å². The van der Waals surface area contributed by atoms with Gasteiger partial charge in [-0.05, 0) is 26.2 Å². The Morgan fingerprint density at radius 3 is 2.37 bits per heavy atom. The average molecular weight is 274 g/mol. The van der Waals surface area contributed by atoms with Crippen LogP contribution in [-0.4, -0.2) is 42.4 Å². The molecule has 0 bridgehead atoms. The molecule has 0 aliphatic rings. The summed E-state index contributed by atoms with van der Waals surface area (Å²) >= 11 is 0. The molecule has 2 amide bonds. The van der Waals surface area contributed by atoms with Crippen LogP contribution in [0.2, 0.25) is 0 Å². The number of carbonyl (C=O) groups is 2. The van der Waals surface area contributed by atoms with Gasteiger partial charge in [0.05, 0.1) is 6.10 Å². The molecule has 0 aromatic heterocycles. The van der Waals surface area contributed by atoms with Crippen molar-refractivity contribution in [1.82, 2.24) is 10.6 Å². The van der Waals surface area contributed by atoms with E-state index in [1.807, 2.05) is 20.8 Å². The zero-order valence-electron chi connectivity index (χ0n) is 12.2. The Balaban J connectivity index is 3.91. The second-order valence-corrected chi connectivity index (χ2v) is 4.87. The number of carboxylic acid groups (broad SMARTS) is 1. The summed E-state index contributed by atoms with van der Waals surface area (Å²) in [5.41, 5.74) is 0. The number of aliphatic carboxylic acids is 1. The highest BCUT2D eigenvalue weighted by molar-refractivity contribution is 5.82. The van der Waals surface area contributed by atoms with Crippen LogP contribution in [0.4, 0.5) is 4.79 Å². The van der Waals surface area contributed by atoms with Crippen LogP contribution in [0.25, 0.3) is 0 Å². The second-order valence-electron chi connectivity index (χ2n) is 4.87. The van der Waals surface area contributed by atoms with E-state index in [0.29, 0.717) is 26.0 Å². The number of nitrogens with one attached hydrogen (secondary N) is 2. The molecule has 2 atom stereocenters. The smallest absolute Gasteiger partial charge is 0.326 e. The molecule has 19 heavy (non-hydrogen) atoms. The Kier molecular flexibility index (Phi) is 8.95. The van der Waals surface area contributed by atoms with Crippen LogP contribution < -0.4 is 10.6 Å².